The standard InChI is InChI=1S/C22H12OS3/c24-21-15-8-4-5-9-16(15)22(25)17(21)10-14-11-20-18(23-14)12-19(26-20)13-6-2-1-3-7-13/h1-12H. The minimum Gasteiger partial charge on any atom is -0.456 e. The highest BCUT2D eigenvalue weighted by Crippen LogP contribution is 2.37. The van der Waals surface area contributed by atoms with Crippen molar-refractivity contribution in [2.75, 3.05) is 0 Å². The molecule has 1 nitrogen and oxygen atoms in total. The van der Waals surface area contributed by atoms with E-state index in [0.29, 0.717) is 0 Å². The van der Waals surface area contributed by atoms with Gasteiger partial charge in [-0.15, -0.1) is 11.3 Å². The van der Waals surface area contributed by atoms with Crippen molar-refractivity contribution in [1.29, 1.82) is 0 Å². The van der Waals surface area contributed by atoms with Crippen LogP contribution in [0.5, 0.6) is 0 Å². The second-order valence-electron chi connectivity index (χ2n) is 6.12. The molecular weight excluding hydrogens is 376 g/mol. The lowest BCUT2D eigenvalue weighted by atomic mass is 10.1. The number of allylic oxidation sites excluding steroid dienone is 1. The Morgan fingerprint density at radius 3 is 2.12 bits per heavy atom. The van der Waals surface area contributed by atoms with Crippen LogP contribution in [0.3, 0.4) is 0 Å². The first-order valence-electron chi connectivity index (χ1n) is 8.19. The maximum Gasteiger partial charge on any atom is 0.146 e. The summed E-state index contributed by atoms with van der Waals surface area (Å²) in [5.74, 6) is 0.790. The van der Waals surface area contributed by atoms with E-state index in [0.717, 1.165) is 42.5 Å². The van der Waals surface area contributed by atoms with Gasteiger partial charge in [0.25, 0.3) is 0 Å². The average Bonchev–Trinajstić information content (AvgIpc) is 3.30. The Morgan fingerprint density at radius 1 is 0.808 bits per heavy atom. The van der Waals surface area contributed by atoms with Crippen LogP contribution in [0.4, 0.5) is 0 Å². The number of thiophene rings is 1. The van der Waals surface area contributed by atoms with Gasteiger partial charge in [0.05, 0.1) is 14.4 Å². The Kier molecular flexibility index (Phi) is 3.71. The molecule has 0 bridgehead atoms. The minimum absolute atomic E-state index is 0.790. The van der Waals surface area contributed by atoms with Gasteiger partial charge in [0.1, 0.15) is 11.3 Å². The summed E-state index contributed by atoms with van der Waals surface area (Å²) in [5, 5.41) is 0. The van der Waals surface area contributed by atoms with Gasteiger partial charge in [0, 0.05) is 33.7 Å². The Balaban J connectivity index is 1.53. The molecule has 0 radical (unpaired) electrons. The third-order valence-electron chi connectivity index (χ3n) is 4.48. The summed E-state index contributed by atoms with van der Waals surface area (Å²) >= 11 is 13.0. The fourth-order valence-corrected chi connectivity index (χ4v) is 4.99. The van der Waals surface area contributed by atoms with Crippen molar-refractivity contribution in [2.24, 2.45) is 0 Å². The number of hydrogen-bond acceptors (Lipinski definition) is 4. The molecule has 2 aromatic carbocycles. The minimum atomic E-state index is 0.790. The maximum absolute atomic E-state index is 6.04. The highest BCUT2D eigenvalue weighted by atomic mass is 32.1. The molecule has 4 aromatic rings. The van der Waals surface area contributed by atoms with E-state index in [2.05, 4.69) is 24.3 Å². The quantitative estimate of drug-likeness (QED) is 0.280. The molecule has 1 aliphatic rings. The van der Waals surface area contributed by atoms with Crippen LogP contribution in [0, 0.1) is 0 Å². The molecule has 5 rings (SSSR count). The molecule has 2 heterocycles. The van der Waals surface area contributed by atoms with Crippen molar-refractivity contribution in [3.05, 3.63) is 89.2 Å². The van der Waals surface area contributed by atoms with Crippen molar-refractivity contribution in [3.8, 4) is 10.4 Å². The van der Waals surface area contributed by atoms with E-state index >= 15 is 0 Å². The second kappa shape index (κ2) is 6.09. The van der Waals surface area contributed by atoms with Gasteiger partial charge < -0.3 is 4.42 Å². The zero-order valence-corrected chi connectivity index (χ0v) is 16.0. The molecule has 0 spiro atoms. The van der Waals surface area contributed by atoms with Crippen molar-refractivity contribution in [2.45, 2.75) is 0 Å². The van der Waals surface area contributed by atoms with Crippen molar-refractivity contribution < 1.29 is 4.42 Å². The summed E-state index contributed by atoms with van der Waals surface area (Å²) < 4.78 is 7.17. The fourth-order valence-electron chi connectivity index (χ4n) is 3.22. The SMILES string of the molecule is S=C1C(=Cc2cc3sc(-c4ccccc4)cc3o2)C(=S)c2ccccc21. The first kappa shape index (κ1) is 15.8. The molecule has 0 unspecified atom stereocenters. The molecule has 0 N–H and O–H groups in total. The molecule has 0 aliphatic heterocycles. The van der Waals surface area contributed by atoms with Crippen LogP contribution in [-0.4, -0.2) is 9.73 Å². The predicted molar refractivity (Wildman–Crippen MR) is 117 cm³/mol. The highest BCUT2D eigenvalue weighted by Gasteiger charge is 2.26. The zero-order valence-electron chi connectivity index (χ0n) is 13.6. The molecule has 2 aromatic heterocycles. The number of thiocarbonyl (C=S) groups is 2. The monoisotopic (exact) mass is 388 g/mol. The lowest BCUT2D eigenvalue weighted by Crippen LogP contribution is -1.97. The van der Waals surface area contributed by atoms with Crippen LogP contribution < -0.4 is 0 Å². The summed E-state index contributed by atoms with van der Waals surface area (Å²) in [5.41, 5.74) is 5.09. The molecule has 0 fully saturated rings. The first-order valence-corrected chi connectivity index (χ1v) is 9.83. The first-order chi connectivity index (χ1) is 12.7. The molecule has 1 aliphatic carbocycles. The van der Waals surface area contributed by atoms with E-state index < -0.39 is 0 Å². The third kappa shape index (κ3) is 2.50. The van der Waals surface area contributed by atoms with Crippen LogP contribution >= 0.6 is 35.8 Å². The predicted octanol–water partition coefficient (Wildman–Crippen LogP) is 6.69. The molecular formula is C22H12OS3. The van der Waals surface area contributed by atoms with Crippen LogP contribution in [-0.2, 0) is 0 Å². The summed E-state index contributed by atoms with van der Waals surface area (Å²) in [7, 11) is 0. The number of hydrogen-bond donors (Lipinski definition) is 0. The number of furan rings is 1. The molecule has 0 atom stereocenters. The van der Waals surface area contributed by atoms with Crippen LogP contribution in [0.2, 0.25) is 0 Å². The largest absolute Gasteiger partial charge is 0.456 e. The van der Waals surface area contributed by atoms with E-state index in [-0.39, 0.29) is 0 Å². The Morgan fingerprint density at radius 2 is 1.46 bits per heavy atom. The highest BCUT2D eigenvalue weighted by molar-refractivity contribution is 7.84. The fraction of sp³-hybridized carbons (Fsp3) is 0. The van der Waals surface area contributed by atoms with Gasteiger partial charge in [-0.1, -0.05) is 79.0 Å². The van der Waals surface area contributed by atoms with Gasteiger partial charge in [0.2, 0.25) is 0 Å². The van der Waals surface area contributed by atoms with E-state index in [1.807, 2.05) is 48.5 Å². The number of benzene rings is 2. The smallest absolute Gasteiger partial charge is 0.146 e. The third-order valence-corrected chi connectivity index (χ3v) is 6.47. The van der Waals surface area contributed by atoms with Crippen LogP contribution in [0.25, 0.3) is 26.8 Å². The van der Waals surface area contributed by atoms with E-state index in [9.17, 15) is 0 Å². The van der Waals surface area contributed by atoms with Crippen molar-refractivity contribution in [1.82, 2.24) is 0 Å². The van der Waals surface area contributed by atoms with Gasteiger partial charge in [-0.25, -0.2) is 0 Å². The second-order valence-corrected chi connectivity index (χ2v) is 8.02. The van der Waals surface area contributed by atoms with E-state index in [4.69, 9.17) is 28.9 Å². The zero-order chi connectivity index (χ0) is 17.7. The lowest BCUT2D eigenvalue weighted by Gasteiger charge is -1.97. The number of rotatable bonds is 2. The van der Waals surface area contributed by atoms with Gasteiger partial charge in [0.15, 0.2) is 0 Å². The van der Waals surface area contributed by atoms with Gasteiger partial charge >= 0.3 is 0 Å². The lowest BCUT2D eigenvalue weighted by molar-refractivity contribution is 0.605. The average molecular weight is 389 g/mol. The summed E-state index contributed by atoms with van der Waals surface area (Å²) in [6.45, 7) is 0. The van der Waals surface area contributed by atoms with Crippen LogP contribution in [0.1, 0.15) is 16.9 Å². The topological polar surface area (TPSA) is 13.1 Å². The Bertz CT molecular complexity index is 1140. The Hall–Kier alpha value is -2.40. The van der Waals surface area contributed by atoms with Gasteiger partial charge in [-0.2, -0.15) is 0 Å². The van der Waals surface area contributed by atoms with Gasteiger partial charge in [-0.05, 0) is 11.6 Å². The molecule has 26 heavy (non-hydrogen) atoms. The van der Waals surface area contributed by atoms with E-state index in [1.165, 1.54) is 10.4 Å². The van der Waals surface area contributed by atoms with Gasteiger partial charge in [-0.3, -0.25) is 0 Å². The molecule has 0 amide bonds. The van der Waals surface area contributed by atoms with Crippen molar-refractivity contribution in [3.63, 3.8) is 0 Å². The summed E-state index contributed by atoms with van der Waals surface area (Å²) in [4.78, 5) is 2.81. The maximum atomic E-state index is 6.04. The van der Waals surface area contributed by atoms with E-state index in [1.54, 1.807) is 11.3 Å². The normalized spacial score (nSPS) is 13.5. The summed E-state index contributed by atoms with van der Waals surface area (Å²) in [6.07, 6.45) is 1.97. The van der Waals surface area contributed by atoms with Crippen molar-refractivity contribution >= 4 is 61.9 Å². The molecule has 0 saturated carbocycles. The molecule has 124 valence electrons. The number of fused-ring (bicyclic) bond motifs is 2. The van der Waals surface area contributed by atoms with Crippen LogP contribution in [0.15, 0.2) is 76.7 Å². The molecule has 4 heteroatoms. The Labute approximate surface area is 165 Å². The molecule has 0 saturated heterocycles. The summed E-state index contributed by atoms with van der Waals surface area (Å²) in [6, 6.07) is 22.5.